The molecule has 0 aromatic heterocycles. The van der Waals surface area contributed by atoms with Crippen LogP contribution in [0.2, 0.25) is 0 Å². The van der Waals surface area contributed by atoms with Gasteiger partial charge in [-0.25, -0.2) is 0 Å². The summed E-state index contributed by atoms with van der Waals surface area (Å²) in [7, 11) is 0. The van der Waals surface area contributed by atoms with E-state index in [9.17, 15) is 0 Å². The summed E-state index contributed by atoms with van der Waals surface area (Å²) < 4.78 is 0. The first-order valence-electron chi connectivity index (χ1n) is 22.8. The molecule has 1 aliphatic carbocycles. The second kappa shape index (κ2) is 16.6. The summed E-state index contributed by atoms with van der Waals surface area (Å²) in [5.74, 6) is 0. The fourth-order valence-electron chi connectivity index (χ4n) is 10.5. The minimum absolute atomic E-state index is 0.462. The first-order chi connectivity index (χ1) is 32.7. The first-order valence-corrected chi connectivity index (χ1v) is 22.8. The third-order valence-electron chi connectivity index (χ3n) is 13.5. The van der Waals surface area contributed by atoms with E-state index in [-0.39, 0.29) is 0 Å². The van der Waals surface area contributed by atoms with Gasteiger partial charge in [0, 0.05) is 17.1 Å². The molecule has 0 saturated heterocycles. The highest BCUT2D eigenvalue weighted by Crippen LogP contribution is 2.57. The minimum atomic E-state index is -0.462. The van der Waals surface area contributed by atoms with E-state index in [0.717, 1.165) is 17.1 Å². The number of hydrogen-bond acceptors (Lipinski definition) is 1. The van der Waals surface area contributed by atoms with E-state index >= 15 is 0 Å². The summed E-state index contributed by atoms with van der Waals surface area (Å²) in [4.78, 5) is 2.42. The molecule has 1 heteroatoms. The molecule has 0 fully saturated rings. The number of fused-ring (bicyclic) bond motifs is 4. The smallest absolute Gasteiger partial charge is 0.0713 e. The normalized spacial score (nSPS) is 12.4. The fraction of sp³-hybridized carbons (Fsp3) is 0.0154. The van der Waals surface area contributed by atoms with E-state index in [2.05, 4.69) is 278 Å². The highest BCUT2D eigenvalue weighted by atomic mass is 15.1. The summed E-state index contributed by atoms with van der Waals surface area (Å²) >= 11 is 0. The van der Waals surface area contributed by atoms with Crippen LogP contribution in [0.4, 0.5) is 17.1 Å². The molecule has 310 valence electrons. The lowest BCUT2D eigenvalue weighted by atomic mass is 9.67. The Morgan fingerprint density at radius 2 is 0.727 bits per heavy atom. The van der Waals surface area contributed by atoms with Gasteiger partial charge in [0.2, 0.25) is 0 Å². The zero-order chi connectivity index (χ0) is 43.9. The van der Waals surface area contributed by atoms with Crippen LogP contribution in [0.5, 0.6) is 0 Å². The molecule has 0 spiro atoms. The standard InChI is InChI=1S/C65H45N/c1-5-19-46(20-6-1)52-41-53(47-21-7-2-8-22-47)44-58(43-52)66(57-30-17-25-51(42-57)60-33-18-24-49-23-13-14-31-59(49)60)56-38-35-48(36-39-56)50-37-40-62-61-32-15-16-34-63(61)65(64(62)45-50,54-26-9-3-10-27-54)55-28-11-4-12-29-55/h1-45H. The lowest BCUT2D eigenvalue weighted by molar-refractivity contribution is 0.769. The summed E-state index contributed by atoms with van der Waals surface area (Å²) in [5.41, 5.74) is 19.9. The zero-order valence-corrected chi connectivity index (χ0v) is 36.4. The second-order valence-electron chi connectivity index (χ2n) is 17.2. The van der Waals surface area contributed by atoms with Crippen molar-refractivity contribution in [1.29, 1.82) is 0 Å². The molecule has 12 rings (SSSR count). The van der Waals surface area contributed by atoms with Crippen LogP contribution < -0.4 is 4.90 Å². The molecule has 0 aliphatic heterocycles. The van der Waals surface area contributed by atoms with Crippen molar-refractivity contribution in [3.05, 3.63) is 295 Å². The van der Waals surface area contributed by atoms with Gasteiger partial charge in [0.15, 0.2) is 0 Å². The van der Waals surface area contributed by atoms with Gasteiger partial charge in [0.05, 0.1) is 5.41 Å². The molecule has 0 amide bonds. The molecule has 66 heavy (non-hydrogen) atoms. The molecule has 11 aromatic carbocycles. The van der Waals surface area contributed by atoms with Crippen molar-refractivity contribution < 1.29 is 0 Å². The number of benzene rings is 11. The second-order valence-corrected chi connectivity index (χ2v) is 17.2. The average molecular weight is 840 g/mol. The lowest BCUT2D eigenvalue weighted by Gasteiger charge is -2.34. The Balaban J connectivity index is 1.02. The zero-order valence-electron chi connectivity index (χ0n) is 36.4. The maximum absolute atomic E-state index is 2.45. The van der Waals surface area contributed by atoms with Crippen LogP contribution in [0.15, 0.2) is 273 Å². The van der Waals surface area contributed by atoms with Crippen LogP contribution in [-0.4, -0.2) is 0 Å². The lowest BCUT2D eigenvalue weighted by Crippen LogP contribution is -2.28. The Morgan fingerprint density at radius 1 is 0.242 bits per heavy atom. The third kappa shape index (κ3) is 6.73. The highest BCUT2D eigenvalue weighted by Gasteiger charge is 2.46. The van der Waals surface area contributed by atoms with E-state index in [4.69, 9.17) is 0 Å². The maximum atomic E-state index is 2.45. The molecule has 0 saturated carbocycles. The first kappa shape index (κ1) is 39.1. The Labute approximate surface area is 387 Å². The molecule has 1 nitrogen and oxygen atoms in total. The predicted molar refractivity (Wildman–Crippen MR) is 278 cm³/mol. The van der Waals surface area contributed by atoms with Crippen molar-refractivity contribution in [2.24, 2.45) is 0 Å². The molecule has 0 unspecified atom stereocenters. The molecular weight excluding hydrogens is 795 g/mol. The van der Waals surface area contributed by atoms with E-state index in [1.165, 1.54) is 88.7 Å². The number of nitrogens with zero attached hydrogens (tertiary/aromatic N) is 1. The Bertz CT molecular complexity index is 3400. The average Bonchev–Trinajstić information content (AvgIpc) is 3.70. The van der Waals surface area contributed by atoms with E-state index in [0.29, 0.717) is 0 Å². The minimum Gasteiger partial charge on any atom is -0.310 e. The van der Waals surface area contributed by atoms with Crippen LogP contribution in [0.1, 0.15) is 22.3 Å². The van der Waals surface area contributed by atoms with E-state index < -0.39 is 5.41 Å². The molecule has 1 aliphatic rings. The SMILES string of the molecule is c1ccc(-c2cc(-c3ccccc3)cc(N(c3ccc(-c4ccc5c(c4)C(c4ccccc4)(c4ccccc4)c4ccccc4-5)cc3)c3cccc(-c4cccc5ccccc45)c3)c2)cc1. The predicted octanol–water partition coefficient (Wildman–Crippen LogP) is 17.3. The van der Waals surface area contributed by atoms with Crippen molar-refractivity contribution in [2.75, 3.05) is 4.90 Å². The molecule has 0 radical (unpaired) electrons. The number of rotatable bonds is 9. The van der Waals surface area contributed by atoms with Gasteiger partial charge in [-0.2, -0.15) is 0 Å². The van der Waals surface area contributed by atoms with Crippen molar-refractivity contribution >= 4 is 27.8 Å². The third-order valence-corrected chi connectivity index (χ3v) is 13.5. The van der Waals surface area contributed by atoms with E-state index in [1.807, 2.05) is 0 Å². The van der Waals surface area contributed by atoms with Crippen molar-refractivity contribution in [2.45, 2.75) is 5.41 Å². The van der Waals surface area contributed by atoms with Crippen molar-refractivity contribution in [3.63, 3.8) is 0 Å². The molecule has 11 aromatic rings. The molecular formula is C65H45N. The summed E-state index contributed by atoms with van der Waals surface area (Å²) in [6.45, 7) is 0. The van der Waals surface area contributed by atoms with Gasteiger partial charge in [-0.15, -0.1) is 0 Å². The van der Waals surface area contributed by atoms with E-state index in [1.54, 1.807) is 0 Å². The van der Waals surface area contributed by atoms with Gasteiger partial charge >= 0.3 is 0 Å². The molecule has 0 N–H and O–H groups in total. The molecule has 0 heterocycles. The topological polar surface area (TPSA) is 3.24 Å². The Kier molecular flexibility index (Phi) is 9.81. The van der Waals surface area contributed by atoms with Gasteiger partial charge < -0.3 is 4.90 Å². The van der Waals surface area contributed by atoms with Crippen LogP contribution >= 0.6 is 0 Å². The van der Waals surface area contributed by atoms with Gasteiger partial charge in [-0.1, -0.05) is 224 Å². The maximum Gasteiger partial charge on any atom is 0.0713 e. The molecule has 0 bridgehead atoms. The molecule has 0 atom stereocenters. The monoisotopic (exact) mass is 839 g/mol. The van der Waals surface area contributed by atoms with Crippen molar-refractivity contribution in [3.8, 4) is 55.6 Å². The van der Waals surface area contributed by atoms with Gasteiger partial charge in [-0.3, -0.25) is 0 Å². The Hall–Kier alpha value is -8.52. The van der Waals surface area contributed by atoms with Crippen LogP contribution in [0, 0.1) is 0 Å². The fourth-order valence-corrected chi connectivity index (χ4v) is 10.5. The van der Waals surface area contributed by atoms with Crippen molar-refractivity contribution in [1.82, 2.24) is 0 Å². The highest BCUT2D eigenvalue weighted by molar-refractivity contribution is 5.98. The van der Waals surface area contributed by atoms with Gasteiger partial charge in [-0.05, 0) is 137 Å². The largest absolute Gasteiger partial charge is 0.310 e. The number of hydrogen-bond donors (Lipinski definition) is 0. The summed E-state index contributed by atoms with van der Waals surface area (Å²) in [5, 5.41) is 2.47. The van der Waals surface area contributed by atoms with Crippen LogP contribution in [0.3, 0.4) is 0 Å². The van der Waals surface area contributed by atoms with Gasteiger partial charge in [0.25, 0.3) is 0 Å². The van der Waals surface area contributed by atoms with Gasteiger partial charge in [0.1, 0.15) is 0 Å². The van der Waals surface area contributed by atoms with Crippen LogP contribution in [-0.2, 0) is 5.41 Å². The van der Waals surface area contributed by atoms with Crippen LogP contribution in [0.25, 0.3) is 66.4 Å². The summed E-state index contributed by atoms with van der Waals surface area (Å²) in [6, 6.07) is 100. The Morgan fingerprint density at radius 3 is 1.41 bits per heavy atom. The quantitative estimate of drug-likeness (QED) is 0.140. The number of anilines is 3. The summed E-state index contributed by atoms with van der Waals surface area (Å²) in [6.07, 6.45) is 0.